The standard InChI is InChI=1S/C15H13F4NS/c16-12-2-1-3-13(8-12)21-9-14(20)10-4-6-11(7-5-10)15(17,18)19/h1-8,14H,9,20H2. The normalized spacial score (nSPS) is 13.2. The Bertz CT molecular complexity index is 595. The van der Waals surface area contributed by atoms with Crippen LogP contribution in [0.2, 0.25) is 0 Å². The van der Waals surface area contributed by atoms with E-state index in [-0.39, 0.29) is 5.82 Å². The van der Waals surface area contributed by atoms with Crippen LogP contribution in [-0.4, -0.2) is 5.75 Å². The number of alkyl halides is 3. The summed E-state index contributed by atoms with van der Waals surface area (Å²) in [4.78, 5) is 0.734. The van der Waals surface area contributed by atoms with Crippen LogP contribution < -0.4 is 5.73 Å². The molecule has 2 aromatic rings. The molecule has 0 saturated heterocycles. The van der Waals surface area contributed by atoms with Crippen LogP contribution in [0, 0.1) is 5.82 Å². The van der Waals surface area contributed by atoms with Crippen molar-refractivity contribution in [3.63, 3.8) is 0 Å². The Hall–Kier alpha value is -1.53. The summed E-state index contributed by atoms with van der Waals surface area (Å²) in [7, 11) is 0. The number of rotatable bonds is 4. The van der Waals surface area contributed by atoms with Crippen molar-refractivity contribution in [2.75, 3.05) is 5.75 Å². The minimum absolute atomic E-state index is 0.330. The van der Waals surface area contributed by atoms with E-state index < -0.39 is 17.8 Å². The van der Waals surface area contributed by atoms with Gasteiger partial charge in [0.2, 0.25) is 0 Å². The van der Waals surface area contributed by atoms with Crippen molar-refractivity contribution in [3.8, 4) is 0 Å². The number of halogens is 4. The van der Waals surface area contributed by atoms with Crippen molar-refractivity contribution in [1.29, 1.82) is 0 Å². The van der Waals surface area contributed by atoms with Gasteiger partial charge in [0.25, 0.3) is 0 Å². The maximum atomic E-state index is 13.0. The Labute approximate surface area is 124 Å². The first-order chi connectivity index (χ1) is 9.86. The van der Waals surface area contributed by atoms with Crippen LogP contribution in [0.25, 0.3) is 0 Å². The second-order valence-electron chi connectivity index (χ2n) is 4.49. The number of benzene rings is 2. The van der Waals surface area contributed by atoms with Crippen molar-refractivity contribution in [2.24, 2.45) is 5.73 Å². The molecule has 0 aliphatic rings. The summed E-state index contributed by atoms with van der Waals surface area (Å²) in [5, 5.41) is 0. The summed E-state index contributed by atoms with van der Waals surface area (Å²) in [6.45, 7) is 0. The molecule has 21 heavy (non-hydrogen) atoms. The number of hydrogen-bond acceptors (Lipinski definition) is 2. The lowest BCUT2D eigenvalue weighted by Gasteiger charge is -2.13. The molecule has 0 amide bonds. The molecule has 0 bridgehead atoms. The van der Waals surface area contributed by atoms with Gasteiger partial charge in [-0.05, 0) is 35.9 Å². The predicted molar refractivity (Wildman–Crippen MR) is 75.5 cm³/mol. The first kappa shape index (κ1) is 15.9. The van der Waals surface area contributed by atoms with Crippen LogP contribution in [0.3, 0.4) is 0 Å². The highest BCUT2D eigenvalue weighted by Crippen LogP contribution is 2.30. The molecule has 6 heteroatoms. The third kappa shape index (κ3) is 4.47. The first-order valence-corrected chi connectivity index (χ1v) is 7.16. The van der Waals surface area contributed by atoms with Gasteiger partial charge in [-0.2, -0.15) is 13.2 Å². The molecule has 0 aromatic heterocycles. The van der Waals surface area contributed by atoms with Gasteiger partial charge in [0.15, 0.2) is 0 Å². The number of thioether (sulfide) groups is 1. The van der Waals surface area contributed by atoms with E-state index in [9.17, 15) is 17.6 Å². The van der Waals surface area contributed by atoms with Gasteiger partial charge in [0, 0.05) is 16.7 Å². The van der Waals surface area contributed by atoms with E-state index in [1.54, 1.807) is 12.1 Å². The molecule has 1 unspecified atom stereocenters. The van der Waals surface area contributed by atoms with Gasteiger partial charge in [-0.1, -0.05) is 18.2 Å². The molecule has 1 nitrogen and oxygen atoms in total. The minimum Gasteiger partial charge on any atom is -0.323 e. The van der Waals surface area contributed by atoms with Crippen molar-refractivity contribution in [2.45, 2.75) is 17.1 Å². The average Bonchev–Trinajstić information content (AvgIpc) is 2.44. The van der Waals surface area contributed by atoms with Gasteiger partial charge < -0.3 is 5.73 Å². The van der Waals surface area contributed by atoms with E-state index in [4.69, 9.17) is 5.73 Å². The molecular formula is C15H13F4NS. The van der Waals surface area contributed by atoms with E-state index in [1.165, 1.54) is 36.0 Å². The zero-order valence-electron chi connectivity index (χ0n) is 10.9. The molecule has 0 aliphatic heterocycles. The smallest absolute Gasteiger partial charge is 0.323 e. The predicted octanol–water partition coefficient (Wildman–Crippen LogP) is 4.64. The van der Waals surface area contributed by atoms with E-state index in [0.29, 0.717) is 11.3 Å². The summed E-state index contributed by atoms with van der Waals surface area (Å²) < 4.78 is 50.4. The quantitative estimate of drug-likeness (QED) is 0.657. The van der Waals surface area contributed by atoms with E-state index in [1.807, 2.05) is 0 Å². The lowest BCUT2D eigenvalue weighted by Crippen LogP contribution is -2.13. The van der Waals surface area contributed by atoms with Gasteiger partial charge in [-0.25, -0.2) is 4.39 Å². The molecule has 0 fully saturated rings. The Morgan fingerprint density at radius 1 is 1.05 bits per heavy atom. The zero-order chi connectivity index (χ0) is 15.5. The molecule has 0 radical (unpaired) electrons. The Morgan fingerprint density at radius 3 is 2.29 bits per heavy atom. The molecule has 112 valence electrons. The average molecular weight is 315 g/mol. The summed E-state index contributed by atoms with van der Waals surface area (Å²) >= 11 is 1.36. The van der Waals surface area contributed by atoms with Gasteiger partial charge in [-0.15, -0.1) is 11.8 Å². The summed E-state index contributed by atoms with van der Waals surface area (Å²) in [5.41, 5.74) is 5.86. The summed E-state index contributed by atoms with van der Waals surface area (Å²) in [5.74, 6) is 0.123. The topological polar surface area (TPSA) is 26.0 Å². The van der Waals surface area contributed by atoms with Crippen LogP contribution in [0.15, 0.2) is 53.4 Å². The minimum atomic E-state index is -4.35. The highest BCUT2D eigenvalue weighted by Gasteiger charge is 2.30. The Balaban J connectivity index is 1.99. The summed E-state index contributed by atoms with van der Waals surface area (Å²) in [6, 6.07) is 10.5. The Kier molecular flexibility index (Phi) is 4.90. The molecule has 0 aliphatic carbocycles. The first-order valence-electron chi connectivity index (χ1n) is 6.17. The fraction of sp³-hybridized carbons (Fsp3) is 0.200. The highest BCUT2D eigenvalue weighted by atomic mass is 32.2. The molecule has 2 N–H and O–H groups in total. The molecule has 0 heterocycles. The number of hydrogen-bond donors (Lipinski definition) is 1. The van der Waals surface area contributed by atoms with Crippen LogP contribution in [0.4, 0.5) is 17.6 Å². The van der Waals surface area contributed by atoms with Gasteiger partial charge in [-0.3, -0.25) is 0 Å². The maximum Gasteiger partial charge on any atom is 0.416 e. The van der Waals surface area contributed by atoms with Gasteiger partial charge >= 0.3 is 6.18 Å². The SMILES string of the molecule is NC(CSc1cccc(F)c1)c1ccc(C(F)(F)F)cc1. The van der Waals surface area contributed by atoms with Crippen LogP contribution >= 0.6 is 11.8 Å². The third-order valence-electron chi connectivity index (χ3n) is 2.89. The van der Waals surface area contributed by atoms with E-state index in [2.05, 4.69) is 0 Å². The molecule has 2 rings (SSSR count). The second-order valence-corrected chi connectivity index (χ2v) is 5.59. The van der Waals surface area contributed by atoms with Gasteiger partial charge in [0.05, 0.1) is 5.56 Å². The second kappa shape index (κ2) is 6.49. The largest absolute Gasteiger partial charge is 0.416 e. The van der Waals surface area contributed by atoms with Crippen LogP contribution in [-0.2, 0) is 6.18 Å². The lowest BCUT2D eigenvalue weighted by molar-refractivity contribution is -0.137. The van der Waals surface area contributed by atoms with Crippen molar-refractivity contribution in [1.82, 2.24) is 0 Å². The van der Waals surface area contributed by atoms with Crippen LogP contribution in [0.5, 0.6) is 0 Å². The molecular weight excluding hydrogens is 302 g/mol. The Morgan fingerprint density at radius 2 is 1.71 bits per heavy atom. The molecule has 0 spiro atoms. The number of nitrogens with two attached hydrogens (primary N) is 1. The van der Waals surface area contributed by atoms with Gasteiger partial charge in [0.1, 0.15) is 5.82 Å². The molecule has 2 aromatic carbocycles. The van der Waals surface area contributed by atoms with Crippen molar-refractivity contribution in [3.05, 3.63) is 65.5 Å². The highest BCUT2D eigenvalue weighted by molar-refractivity contribution is 7.99. The third-order valence-corrected chi connectivity index (χ3v) is 4.00. The fourth-order valence-electron chi connectivity index (χ4n) is 1.76. The zero-order valence-corrected chi connectivity index (χ0v) is 11.7. The van der Waals surface area contributed by atoms with E-state index >= 15 is 0 Å². The molecule has 0 saturated carbocycles. The summed E-state index contributed by atoms with van der Waals surface area (Å²) in [6.07, 6.45) is -4.35. The maximum absolute atomic E-state index is 13.0. The lowest BCUT2D eigenvalue weighted by atomic mass is 10.1. The van der Waals surface area contributed by atoms with Crippen molar-refractivity contribution >= 4 is 11.8 Å². The fourth-order valence-corrected chi connectivity index (χ4v) is 2.69. The molecule has 1 atom stereocenters. The monoisotopic (exact) mass is 315 g/mol. The van der Waals surface area contributed by atoms with Crippen molar-refractivity contribution < 1.29 is 17.6 Å². The van der Waals surface area contributed by atoms with Crippen LogP contribution in [0.1, 0.15) is 17.2 Å². The van der Waals surface area contributed by atoms with E-state index in [0.717, 1.165) is 17.0 Å².